The van der Waals surface area contributed by atoms with Gasteiger partial charge in [0, 0.05) is 11.8 Å². The number of sulfone groups is 1. The molecule has 1 aromatic rings. The summed E-state index contributed by atoms with van der Waals surface area (Å²) < 4.78 is 27.9. The fourth-order valence-electron chi connectivity index (χ4n) is 1.44. The van der Waals surface area contributed by atoms with Crippen molar-refractivity contribution < 1.29 is 18.3 Å². The molecule has 0 radical (unpaired) electrons. The van der Waals surface area contributed by atoms with Gasteiger partial charge in [-0.3, -0.25) is 0 Å². The Bertz CT molecular complexity index is 448. The highest BCUT2D eigenvalue weighted by molar-refractivity contribution is 7.90. The molecule has 0 heterocycles. The van der Waals surface area contributed by atoms with E-state index in [1.54, 1.807) is 12.1 Å². The van der Waals surface area contributed by atoms with Crippen LogP contribution >= 0.6 is 0 Å². The van der Waals surface area contributed by atoms with Gasteiger partial charge in [0.15, 0.2) is 9.84 Å². The van der Waals surface area contributed by atoms with Crippen LogP contribution in [-0.2, 0) is 9.84 Å². The van der Waals surface area contributed by atoms with Gasteiger partial charge < -0.3 is 9.84 Å². The van der Waals surface area contributed by atoms with Crippen molar-refractivity contribution in [2.24, 2.45) is 0 Å². The molecule has 0 aliphatic heterocycles. The highest BCUT2D eigenvalue weighted by atomic mass is 32.2. The zero-order valence-electron chi connectivity index (χ0n) is 8.89. The lowest BCUT2D eigenvalue weighted by Gasteiger charge is -2.14. The van der Waals surface area contributed by atoms with E-state index < -0.39 is 15.9 Å². The molecule has 0 saturated heterocycles. The van der Waals surface area contributed by atoms with Crippen LogP contribution < -0.4 is 4.74 Å². The summed E-state index contributed by atoms with van der Waals surface area (Å²) in [6.07, 6.45) is 0.221. The van der Waals surface area contributed by atoms with Gasteiger partial charge in [-0.25, -0.2) is 8.42 Å². The number of methoxy groups -OCH3 is 1. The second kappa shape index (κ2) is 4.20. The maximum Gasteiger partial charge on any atom is 0.176 e. The molecule has 15 heavy (non-hydrogen) atoms. The third kappa shape index (κ3) is 2.49. The largest absolute Gasteiger partial charge is 0.496 e. The molecular weight excluding hydrogens is 216 g/mol. The predicted octanol–water partition coefficient (Wildman–Crippen LogP) is 1.15. The molecule has 4 nitrogen and oxygen atoms in total. The van der Waals surface area contributed by atoms with Crippen molar-refractivity contribution in [3.63, 3.8) is 0 Å². The van der Waals surface area contributed by atoms with E-state index in [9.17, 15) is 13.5 Å². The Balaban J connectivity index is 3.53. The smallest absolute Gasteiger partial charge is 0.176 e. The zero-order valence-corrected chi connectivity index (χ0v) is 9.71. The number of aliphatic hydroxyl groups excluding tert-OH is 1. The first-order valence-corrected chi connectivity index (χ1v) is 6.32. The van der Waals surface area contributed by atoms with E-state index in [-0.39, 0.29) is 4.90 Å². The Morgan fingerprint density at radius 3 is 2.40 bits per heavy atom. The Morgan fingerprint density at radius 1 is 1.40 bits per heavy atom. The summed E-state index contributed by atoms with van der Waals surface area (Å²) in [6, 6.07) is 4.66. The minimum absolute atomic E-state index is 0.108. The van der Waals surface area contributed by atoms with Crippen LogP contribution in [-0.4, -0.2) is 26.9 Å². The van der Waals surface area contributed by atoms with Crippen molar-refractivity contribution in [1.29, 1.82) is 0 Å². The summed E-state index contributed by atoms with van der Waals surface area (Å²) in [4.78, 5) is 0.108. The monoisotopic (exact) mass is 230 g/mol. The molecule has 1 rings (SSSR count). The van der Waals surface area contributed by atoms with Crippen LogP contribution in [0, 0.1) is 0 Å². The van der Waals surface area contributed by atoms with Crippen LogP contribution in [0.1, 0.15) is 18.6 Å². The third-order valence-corrected chi connectivity index (χ3v) is 3.22. The second-order valence-corrected chi connectivity index (χ2v) is 5.30. The molecule has 0 bridgehead atoms. The van der Waals surface area contributed by atoms with E-state index in [0.29, 0.717) is 11.3 Å². The molecule has 5 heteroatoms. The van der Waals surface area contributed by atoms with Crippen LogP contribution in [0.15, 0.2) is 23.1 Å². The fraction of sp³-hybridized carbons (Fsp3) is 0.400. The maximum atomic E-state index is 11.5. The van der Waals surface area contributed by atoms with Gasteiger partial charge in [-0.05, 0) is 19.1 Å². The molecule has 1 atom stereocenters. The summed E-state index contributed by atoms with van der Waals surface area (Å²) in [6.45, 7) is 1.51. The van der Waals surface area contributed by atoms with Crippen molar-refractivity contribution in [3.8, 4) is 5.75 Å². The first-order chi connectivity index (χ1) is 6.88. The van der Waals surface area contributed by atoms with Crippen LogP contribution in [0.2, 0.25) is 0 Å². The van der Waals surface area contributed by atoms with Gasteiger partial charge in [-0.2, -0.15) is 0 Å². The lowest BCUT2D eigenvalue weighted by molar-refractivity contribution is 0.191. The van der Waals surface area contributed by atoms with Crippen molar-refractivity contribution in [2.75, 3.05) is 13.4 Å². The summed E-state index contributed by atoms with van der Waals surface area (Å²) in [5, 5.41) is 9.54. The summed E-state index contributed by atoms with van der Waals surface area (Å²) in [7, 11) is -1.91. The molecule has 0 saturated carbocycles. The van der Waals surface area contributed by atoms with E-state index in [2.05, 4.69) is 0 Å². The minimum Gasteiger partial charge on any atom is -0.496 e. The topological polar surface area (TPSA) is 63.6 Å². The van der Waals surface area contributed by atoms with E-state index in [1.165, 1.54) is 20.1 Å². The average molecular weight is 230 g/mol. The molecule has 0 fully saturated rings. The molecule has 0 spiro atoms. The third-order valence-electron chi connectivity index (χ3n) is 2.06. The van der Waals surface area contributed by atoms with Gasteiger partial charge in [0.1, 0.15) is 5.75 Å². The van der Waals surface area contributed by atoms with E-state index in [1.807, 2.05) is 0 Å². The summed E-state index contributed by atoms with van der Waals surface area (Å²) in [5.74, 6) is 0.382. The van der Waals surface area contributed by atoms with Crippen LogP contribution in [0.5, 0.6) is 5.75 Å². The molecule has 0 amide bonds. The first kappa shape index (κ1) is 12.0. The van der Waals surface area contributed by atoms with Gasteiger partial charge in [0.25, 0.3) is 0 Å². The average Bonchev–Trinajstić information content (AvgIpc) is 2.15. The van der Waals surface area contributed by atoms with E-state index in [0.717, 1.165) is 6.26 Å². The van der Waals surface area contributed by atoms with Gasteiger partial charge in [-0.15, -0.1) is 0 Å². The van der Waals surface area contributed by atoms with Crippen molar-refractivity contribution in [1.82, 2.24) is 0 Å². The van der Waals surface area contributed by atoms with Crippen molar-refractivity contribution in [3.05, 3.63) is 23.8 Å². The van der Waals surface area contributed by atoms with E-state index in [4.69, 9.17) is 4.74 Å². The summed E-state index contributed by atoms with van der Waals surface area (Å²) in [5.41, 5.74) is 0.308. The molecule has 84 valence electrons. The van der Waals surface area contributed by atoms with Gasteiger partial charge in [0.05, 0.1) is 18.1 Å². The number of rotatable bonds is 3. The van der Waals surface area contributed by atoms with Crippen molar-refractivity contribution in [2.45, 2.75) is 17.9 Å². The quantitative estimate of drug-likeness (QED) is 0.846. The van der Waals surface area contributed by atoms with Gasteiger partial charge in [0.2, 0.25) is 0 Å². The van der Waals surface area contributed by atoms with E-state index >= 15 is 0 Å². The number of hydrogen-bond donors (Lipinski definition) is 1. The Kier molecular flexibility index (Phi) is 3.36. The van der Waals surface area contributed by atoms with Gasteiger partial charge in [-0.1, -0.05) is 6.07 Å². The SMILES string of the molecule is COc1cccc(S(C)(=O)=O)c1C(C)O. The van der Waals surface area contributed by atoms with Gasteiger partial charge >= 0.3 is 0 Å². The van der Waals surface area contributed by atoms with Crippen LogP contribution in [0.4, 0.5) is 0 Å². The Morgan fingerprint density at radius 2 is 2.00 bits per heavy atom. The molecule has 1 unspecified atom stereocenters. The second-order valence-electron chi connectivity index (χ2n) is 3.32. The number of hydrogen-bond acceptors (Lipinski definition) is 4. The predicted molar refractivity (Wildman–Crippen MR) is 56.7 cm³/mol. The minimum atomic E-state index is -3.35. The molecule has 0 aliphatic rings. The lowest BCUT2D eigenvalue weighted by Crippen LogP contribution is -2.06. The Hall–Kier alpha value is -1.07. The first-order valence-electron chi connectivity index (χ1n) is 4.43. The van der Waals surface area contributed by atoms with Crippen LogP contribution in [0.25, 0.3) is 0 Å². The molecule has 1 aromatic carbocycles. The normalized spacial score (nSPS) is 13.6. The van der Waals surface area contributed by atoms with Crippen molar-refractivity contribution >= 4 is 9.84 Å². The molecule has 1 N–H and O–H groups in total. The molecule has 0 aromatic heterocycles. The highest BCUT2D eigenvalue weighted by Crippen LogP contribution is 2.31. The fourth-order valence-corrected chi connectivity index (χ4v) is 2.43. The standard InChI is InChI=1S/C10H14O4S/c1-7(11)10-8(14-2)5-4-6-9(10)15(3,12)13/h4-7,11H,1-3H3. The van der Waals surface area contributed by atoms with Crippen LogP contribution in [0.3, 0.4) is 0 Å². The Labute approximate surface area is 89.4 Å². The maximum absolute atomic E-state index is 11.5. The number of aliphatic hydroxyl groups is 1. The summed E-state index contributed by atoms with van der Waals surface area (Å²) >= 11 is 0. The lowest BCUT2D eigenvalue weighted by atomic mass is 10.1. The zero-order chi connectivity index (χ0) is 11.6. The molecule has 0 aliphatic carbocycles. The number of ether oxygens (including phenoxy) is 1. The molecular formula is C10H14O4S. The number of benzene rings is 1. The highest BCUT2D eigenvalue weighted by Gasteiger charge is 2.20.